The van der Waals surface area contributed by atoms with E-state index < -0.39 is 30.4 Å². The summed E-state index contributed by atoms with van der Waals surface area (Å²) < 4.78 is 5.22. The Morgan fingerprint density at radius 2 is 2.22 bits per heavy atom. The highest BCUT2D eigenvalue weighted by atomic mass is 16.5. The van der Waals surface area contributed by atoms with Crippen molar-refractivity contribution in [3.05, 3.63) is 11.8 Å². The summed E-state index contributed by atoms with van der Waals surface area (Å²) in [7, 11) is 1.60. The highest BCUT2D eigenvalue weighted by Crippen LogP contribution is 2.30. The Kier molecular flexibility index (Phi) is 3.24. The molecule has 4 unspecified atom stereocenters. The van der Waals surface area contributed by atoms with Gasteiger partial charge in [-0.2, -0.15) is 4.48 Å². The average molecular weight is 257 g/mol. The Bertz CT molecular complexity index is 422. The second-order valence-electron chi connectivity index (χ2n) is 4.83. The minimum Gasteiger partial charge on any atom is -0.394 e. The molecule has 3 N–H and O–H groups in total. The van der Waals surface area contributed by atoms with Crippen LogP contribution >= 0.6 is 0 Å². The molecule has 2 rings (SSSR count). The third-order valence-electron chi connectivity index (χ3n) is 3.46. The second-order valence-corrected chi connectivity index (χ2v) is 4.83. The summed E-state index contributed by atoms with van der Waals surface area (Å²) in [5.74, 6) is -0.423. The van der Waals surface area contributed by atoms with Crippen LogP contribution in [0.4, 0.5) is 4.79 Å². The number of amides is 3. The molecule has 0 saturated carbocycles. The fourth-order valence-corrected chi connectivity index (χ4v) is 2.27. The van der Waals surface area contributed by atoms with Gasteiger partial charge >= 0.3 is 6.03 Å². The number of nitrogens with zero attached hydrogens (tertiary/aromatic N) is 1. The molecule has 3 amide bonds. The van der Waals surface area contributed by atoms with Crippen LogP contribution in [-0.2, 0) is 9.53 Å². The Labute approximate surface area is 104 Å². The monoisotopic (exact) mass is 257 g/mol. The van der Waals surface area contributed by atoms with Crippen molar-refractivity contribution in [1.82, 2.24) is 5.32 Å². The lowest BCUT2D eigenvalue weighted by molar-refractivity contribution is -0.832. The van der Waals surface area contributed by atoms with Crippen molar-refractivity contribution in [2.75, 3.05) is 13.7 Å². The molecule has 2 aliphatic heterocycles. The Morgan fingerprint density at radius 1 is 1.56 bits per heavy atom. The van der Waals surface area contributed by atoms with Gasteiger partial charge in [0.05, 0.1) is 31.8 Å². The molecule has 2 heterocycles. The van der Waals surface area contributed by atoms with E-state index in [4.69, 9.17) is 9.84 Å². The molecule has 0 radical (unpaired) electrons. The number of imide groups is 1. The molecular formula is C11H17N2O5+. The zero-order valence-corrected chi connectivity index (χ0v) is 10.3. The zero-order chi connectivity index (χ0) is 13.5. The molecule has 0 aliphatic carbocycles. The zero-order valence-electron chi connectivity index (χ0n) is 10.3. The molecule has 100 valence electrons. The maximum absolute atomic E-state index is 11.9. The van der Waals surface area contributed by atoms with E-state index in [-0.39, 0.29) is 17.5 Å². The predicted octanol–water partition coefficient (Wildman–Crippen LogP) is -0.945. The van der Waals surface area contributed by atoms with Gasteiger partial charge in [-0.25, -0.2) is 10.1 Å². The third kappa shape index (κ3) is 1.95. The van der Waals surface area contributed by atoms with Crippen LogP contribution in [0.25, 0.3) is 0 Å². The van der Waals surface area contributed by atoms with E-state index in [0.29, 0.717) is 5.57 Å². The number of nitrogens with one attached hydrogen (secondary N) is 1. The van der Waals surface area contributed by atoms with Gasteiger partial charge in [-0.3, -0.25) is 4.79 Å². The van der Waals surface area contributed by atoms with E-state index in [1.807, 2.05) is 0 Å². The molecule has 0 aromatic heterocycles. The number of urea groups is 1. The number of hydrogen-bond donors (Lipinski definition) is 3. The van der Waals surface area contributed by atoms with E-state index in [9.17, 15) is 14.7 Å². The van der Waals surface area contributed by atoms with Gasteiger partial charge in [0.15, 0.2) is 0 Å². The summed E-state index contributed by atoms with van der Waals surface area (Å²) in [6.45, 7) is 1.30. The highest BCUT2D eigenvalue weighted by Gasteiger charge is 2.50. The summed E-state index contributed by atoms with van der Waals surface area (Å²) in [5, 5.41) is 21.0. The van der Waals surface area contributed by atoms with Gasteiger partial charge in [0.25, 0.3) is 5.91 Å². The summed E-state index contributed by atoms with van der Waals surface area (Å²) in [6, 6.07) is -0.499. The molecule has 1 fully saturated rings. The van der Waals surface area contributed by atoms with Crippen LogP contribution in [0.3, 0.4) is 0 Å². The highest BCUT2D eigenvalue weighted by molar-refractivity contribution is 6.03. The van der Waals surface area contributed by atoms with Crippen molar-refractivity contribution in [3.8, 4) is 0 Å². The van der Waals surface area contributed by atoms with Crippen molar-refractivity contribution in [2.45, 2.75) is 31.8 Å². The van der Waals surface area contributed by atoms with Crippen LogP contribution in [0.5, 0.6) is 0 Å². The van der Waals surface area contributed by atoms with Crippen LogP contribution in [0.15, 0.2) is 11.8 Å². The third-order valence-corrected chi connectivity index (χ3v) is 3.46. The molecule has 0 aromatic carbocycles. The van der Waals surface area contributed by atoms with Gasteiger partial charge in [0.2, 0.25) is 6.23 Å². The largest absolute Gasteiger partial charge is 0.430 e. The van der Waals surface area contributed by atoms with Gasteiger partial charge in [-0.05, 0) is 6.92 Å². The van der Waals surface area contributed by atoms with Gasteiger partial charge < -0.3 is 14.9 Å². The van der Waals surface area contributed by atoms with E-state index in [2.05, 4.69) is 5.32 Å². The van der Waals surface area contributed by atoms with Crippen molar-refractivity contribution in [2.24, 2.45) is 0 Å². The van der Waals surface area contributed by atoms with Gasteiger partial charge in [0.1, 0.15) is 12.3 Å². The fraction of sp³-hybridized carbons (Fsp3) is 0.636. The molecule has 0 aromatic rings. The quantitative estimate of drug-likeness (QED) is 0.555. The van der Waals surface area contributed by atoms with Gasteiger partial charge in [0, 0.05) is 0 Å². The van der Waals surface area contributed by atoms with E-state index >= 15 is 0 Å². The number of rotatable bonds is 2. The molecule has 0 spiro atoms. The number of aliphatic hydroxyl groups excluding tert-OH is 2. The SMILES string of the molecule is CC1=C[N+](C)(C2CC(O)C(CO)O2)C(=O)NC1=O. The van der Waals surface area contributed by atoms with Gasteiger partial charge in [-0.1, -0.05) is 0 Å². The molecule has 1 saturated heterocycles. The summed E-state index contributed by atoms with van der Waals surface area (Å²) in [5.41, 5.74) is 0.419. The lowest BCUT2D eigenvalue weighted by Gasteiger charge is -2.34. The maximum Gasteiger partial charge on any atom is 0.430 e. The van der Waals surface area contributed by atoms with Gasteiger partial charge in [-0.15, -0.1) is 0 Å². The van der Waals surface area contributed by atoms with E-state index in [1.165, 1.54) is 6.20 Å². The predicted molar refractivity (Wildman–Crippen MR) is 59.9 cm³/mol. The maximum atomic E-state index is 11.9. The first kappa shape index (κ1) is 13.2. The Morgan fingerprint density at radius 3 is 2.78 bits per heavy atom. The summed E-state index contributed by atoms with van der Waals surface area (Å²) in [6.07, 6.45) is -0.371. The fourth-order valence-electron chi connectivity index (χ4n) is 2.27. The Balaban J connectivity index is 2.27. The van der Waals surface area contributed by atoms with Crippen LogP contribution < -0.4 is 5.32 Å². The standard InChI is InChI=1S/C11H16N2O5/c1-6-4-13(2,11(17)12-10(6)16)9-3-7(15)8(5-14)18-9/h4,7-9,14-15H,3,5H2,1-2H3/p+1. The molecule has 18 heavy (non-hydrogen) atoms. The van der Waals surface area contributed by atoms with Crippen molar-refractivity contribution in [3.63, 3.8) is 0 Å². The van der Waals surface area contributed by atoms with Crippen molar-refractivity contribution < 1.29 is 29.0 Å². The first-order valence-corrected chi connectivity index (χ1v) is 5.74. The van der Waals surface area contributed by atoms with Crippen molar-refractivity contribution in [1.29, 1.82) is 0 Å². The minimum absolute atomic E-state index is 0.229. The van der Waals surface area contributed by atoms with Crippen LogP contribution in [-0.4, -0.2) is 58.7 Å². The average Bonchev–Trinajstić information content (AvgIpc) is 2.68. The lowest BCUT2D eigenvalue weighted by Crippen LogP contribution is -2.61. The smallest absolute Gasteiger partial charge is 0.394 e. The van der Waals surface area contributed by atoms with Crippen LogP contribution in [0.1, 0.15) is 13.3 Å². The Hall–Kier alpha value is -1.28. The summed E-state index contributed by atoms with van der Waals surface area (Å²) in [4.78, 5) is 23.3. The van der Waals surface area contributed by atoms with E-state index in [1.54, 1.807) is 14.0 Å². The number of aliphatic hydroxyl groups is 2. The molecule has 2 aliphatic rings. The molecule has 0 bridgehead atoms. The number of hydrogen-bond acceptors (Lipinski definition) is 5. The molecule has 4 atom stereocenters. The second kappa shape index (κ2) is 4.43. The molecule has 7 heteroatoms. The molecule has 7 nitrogen and oxygen atoms in total. The normalized spacial score (nSPS) is 40.7. The first-order chi connectivity index (χ1) is 8.38. The number of carbonyl (C=O) groups excluding carboxylic acids is 2. The lowest BCUT2D eigenvalue weighted by atomic mass is 10.1. The number of quaternary nitrogens is 1. The van der Waals surface area contributed by atoms with E-state index in [0.717, 1.165) is 0 Å². The van der Waals surface area contributed by atoms with Crippen molar-refractivity contribution >= 4 is 11.9 Å². The number of ether oxygens (including phenoxy) is 1. The van der Waals surface area contributed by atoms with Crippen LogP contribution in [0, 0.1) is 0 Å². The minimum atomic E-state index is -0.811. The topological polar surface area (TPSA) is 95.9 Å². The summed E-state index contributed by atoms with van der Waals surface area (Å²) >= 11 is 0. The molecular weight excluding hydrogens is 240 g/mol. The number of carbonyl (C=O) groups is 2. The first-order valence-electron chi connectivity index (χ1n) is 5.74. The van der Waals surface area contributed by atoms with Crippen LogP contribution in [0.2, 0.25) is 0 Å².